The zero-order chi connectivity index (χ0) is 18.0. The van der Waals surface area contributed by atoms with Crippen molar-refractivity contribution in [2.45, 2.75) is 13.3 Å². The van der Waals surface area contributed by atoms with Crippen LogP contribution in [-0.2, 0) is 11.2 Å². The molecule has 0 unspecified atom stereocenters. The molecule has 4 nitrogen and oxygen atoms in total. The van der Waals surface area contributed by atoms with Gasteiger partial charge in [-0.1, -0.05) is 6.07 Å². The molecule has 0 atom stereocenters. The number of hydrogen-bond donors (Lipinski definition) is 1. The Morgan fingerprint density at radius 3 is 2.56 bits per heavy atom. The number of rotatable bonds is 4. The third-order valence-electron chi connectivity index (χ3n) is 3.52. The van der Waals surface area contributed by atoms with E-state index in [0.29, 0.717) is 27.2 Å². The van der Waals surface area contributed by atoms with Crippen LogP contribution >= 0.6 is 15.9 Å². The van der Waals surface area contributed by atoms with Crippen molar-refractivity contribution in [2.24, 2.45) is 0 Å². The number of amides is 1. The van der Waals surface area contributed by atoms with Crippen molar-refractivity contribution >= 4 is 27.7 Å². The van der Waals surface area contributed by atoms with E-state index in [1.54, 1.807) is 37.3 Å². The van der Waals surface area contributed by atoms with E-state index in [-0.39, 0.29) is 24.0 Å². The minimum atomic E-state index is -0.380. The molecule has 3 rings (SSSR count). The Morgan fingerprint density at radius 1 is 1.16 bits per heavy atom. The van der Waals surface area contributed by atoms with Gasteiger partial charge in [0, 0.05) is 6.07 Å². The maximum Gasteiger partial charge on any atom is 0.229 e. The first-order chi connectivity index (χ1) is 11.9. The van der Waals surface area contributed by atoms with Crippen molar-refractivity contribution in [1.29, 1.82) is 0 Å². The number of nitrogens with one attached hydrogen (secondary N) is 1. The van der Waals surface area contributed by atoms with E-state index in [0.717, 1.165) is 0 Å². The van der Waals surface area contributed by atoms with E-state index in [1.807, 2.05) is 0 Å². The molecule has 1 amide bonds. The standard InChI is InChI=1S/C18H14BrF2N3O/c1-11-8-17(24(23-11)14-5-3-13(20)4-6-14)22-18(25)10-12-2-7-16(21)15(19)9-12/h2-9H,10H2,1H3,(H,22,25). The highest BCUT2D eigenvalue weighted by molar-refractivity contribution is 9.10. The number of benzene rings is 2. The molecule has 128 valence electrons. The molecule has 1 N–H and O–H groups in total. The Balaban J connectivity index is 1.79. The van der Waals surface area contributed by atoms with E-state index in [4.69, 9.17) is 0 Å². The van der Waals surface area contributed by atoms with Crippen LogP contribution in [0.5, 0.6) is 0 Å². The fourth-order valence-corrected chi connectivity index (χ4v) is 2.82. The molecule has 7 heteroatoms. The lowest BCUT2D eigenvalue weighted by Gasteiger charge is -2.09. The number of anilines is 1. The molecule has 0 radical (unpaired) electrons. The van der Waals surface area contributed by atoms with Crippen molar-refractivity contribution < 1.29 is 13.6 Å². The Bertz CT molecular complexity index is 923. The molecule has 0 spiro atoms. The highest BCUT2D eigenvalue weighted by Gasteiger charge is 2.12. The lowest BCUT2D eigenvalue weighted by molar-refractivity contribution is -0.115. The van der Waals surface area contributed by atoms with Crippen LogP contribution in [0.1, 0.15) is 11.3 Å². The van der Waals surface area contributed by atoms with Crippen LogP contribution in [0.25, 0.3) is 5.69 Å². The molecule has 0 aliphatic carbocycles. The van der Waals surface area contributed by atoms with Gasteiger partial charge in [-0.2, -0.15) is 5.10 Å². The second-order valence-electron chi connectivity index (χ2n) is 5.53. The van der Waals surface area contributed by atoms with E-state index in [2.05, 4.69) is 26.3 Å². The van der Waals surface area contributed by atoms with Crippen molar-refractivity contribution in [2.75, 3.05) is 5.32 Å². The van der Waals surface area contributed by atoms with Crippen molar-refractivity contribution in [3.05, 3.63) is 75.9 Å². The number of halogens is 3. The molecule has 1 heterocycles. The number of carbonyl (C=O) groups is 1. The Hall–Kier alpha value is -2.54. The summed E-state index contributed by atoms with van der Waals surface area (Å²) in [6.07, 6.45) is 0.0898. The highest BCUT2D eigenvalue weighted by Crippen LogP contribution is 2.20. The van der Waals surface area contributed by atoms with Gasteiger partial charge in [-0.05, 0) is 64.8 Å². The number of carbonyl (C=O) groups excluding carboxylic acids is 1. The largest absolute Gasteiger partial charge is 0.310 e. The molecule has 0 saturated carbocycles. The summed E-state index contributed by atoms with van der Waals surface area (Å²) in [6.45, 7) is 1.80. The van der Waals surface area contributed by atoms with Gasteiger partial charge in [0.25, 0.3) is 0 Å². The summed E-state index contributed by atoms with van der Waals surface area (Å²) in [4.78, 5) is 12.3. The first-order valence-electron chi connectivity index (χ1n) is 7.49. The molecule has 1 aromatic heterocycles. The average molecular weight is 406 g/mol. The first-order valence-corrected chi connectivity index (χ1v) is 8.28. The van der Waals surface area contributed by atoms with Gasteiger partial charge in [0.05, 0.1) is 22.3 Å². The van der Waals surface area contributed by atoms with Gasteiger partial charge < -0.3 is 5.32 Å². The van der Waals surface area contributed by atoms with Crippen LogP contribution in [0.2, 0.25) is 0 Å². The van der Waals surface area contributed by atoms with E-state index in [9.17, 15) is 13.6 Å². The summed E-state index contributed by atoms with van der Waals surface area (Å²) in [5, 5.41) is 7.10. The summed E-state index contributed by atoms with van der Waals surface area (Å²) in [5.74, 6) is -0.508. The first kappa shape index (κ1) is 17.3. The monoisotopic (exact) mass is 405 g/mol. The molecule has 0 aliphatic rings. The molecule has 3 aromatic rings. The molecule has 0 bridgehead atoms. The van der Waals surface area contributed by atoms with Crippen molar-refractivity contribution in [3.63, 3.8) is 0 Å². The van der Waals surface area contributed by atoms with Crippen LogP contribution < -0.4 is 5.32 Å². The van der Waals surface area contributed by atoms with E-state index in [1.165, 1.54) is 22.9 Å². The fourth-order valence-electron chi connectivity index (χ4n) is 2.39. The Kier molecular flexibility index (Phi) is 4.94. The molecule has 0 aliphatic heterocycles. The molecule has 25 heavy (non-hydrogen) atoms. The predicted octanol–water partition coefficient (Wildman–Crippen LogP) is 4.40. The minimum Gasteiger partial charge on any atom is -0.310 e. The smallest absolute Gasteiger partial charge is 0.229 e. The Morgan fingerprint density at radius 2 is 1.88 bits per heavy atom. The van der Waals surface area contributed by atoms with Crippen LogP contribution in [0, 0.1) is 18.6 Å². The maximum atomic E-state index is 13.3. The lowest BCUT2D eigenvalue weighted by atomic mass is 10.1. The summed E-state index contributed by atoms with van der Waals surface area (Å²) < 4.78 is 28.2. The molecule has 2 aromatic carbocycles. The van der Waals surface area contributed by atoms with Gasteiger partial charge in [0.1, 0.15) is 17.5 Å². The summed E-state index contributed by atoms with van der Waals surface area (Å²) in [6, 6.07) is 12.0. The van der Waals surface area contributed by atoms with E-state index < -0.39 is 0 Å². The zero-order valence-electron chi connectivity index (χ0n) is 13.3. The summed E-state index contributed by atoms with van der Waals surface area (Å²) >= 11 is 3.10. The number of nitrogens with zero attached hydrogens (tertiary/aromatic N) is 2. The normalized spacial score (nSPS) is 10.7. The van der Waals surface area contributed by atoms with Crippen LogP contribution in [-0.4, -0.2) is 15.7 Å². The zero-order valence-corrected chi connectivity index (χ0v) is 14.8. The van der Waals surface area contributed by atoms with Crippen LogP contribution in [0.15, 0.2) is 53.0 Å². The predicted molar refractivity (Wildman–Crippen MR) is 94.7 cm³/mol. The molecule has 0 fully saturated rings. The third kappa shape index (κ3) is 4.11. The Labute approximate surface area is 151 Å². The van der Waals surface area contributed by atoms with Gasteiger partial charge >= 0.3 is 0 Å². The topological polar surface area (TPSA) is 46.9 Å². The quantitative estimate of drug-likeness (QED) is 0.698. The molecule has 0 saturated heterocycles. The van der Waals surface area contributed by atoms with Gasteiger partial charge in [-0.3, -0.25) is 4.79 Å². The molecular weight excluding hydrogens is 392 g/mol. The fraction of sp³-hybridized carbons (Fsp3) is 0.111. The average Bonchev–Trinajstić information content (AvgIpc) is 2.92. The number of aromatic nitrogens is 2. The SMILES string of the molecule is Cc1cc(NC(=O)Cc2ccc(F)c(Br)c2)n(-c2ccc(F)cc2)n1. The summed E-state index contributed by atoms with van der Waals surface area (Å²) in [5.41, 5.74) is 2.02. The third-order valence-corrected chi connectivity index (χ3v) is 4.13. The van der Waals surface area contributed by atoms with Crippen molar-refractivity contribution in [3.8, 4) is 5.69 Å². The minimum absolute atomic E-state index is 0.0898. The van der Waals surface area contributed by atoms with Gasteiger partial charge in [0.15, 0.2) is 0 Å². The molecular formula is C18H14BrF2N3O. The van der Waals surface area contributed by atoms with Gasteiger partial charge in [-0.15, -0.1) is 0 Å². The second kappa shape index (κ2) is 7.14. The van der Waals surface area contributed by atoms with Crippen LogP contribution in [0.3, 0.4) is 0 Å². The highest BCUT2D eigenvalue weighted by atomic mass is 79.9. The number of hydrogen-bond acceptors (Lipinski definition) is 2. The van der Waals surface area contributed by atoms with Gasteiger partial charge in [-0.25, -0.2) is 13.5 Å². The van der Waals surface area contributed by atoms with Crippen molar-refractivity contribution in [1.82, 2.24) is 9.78 Å². The number of aryl methyl sites for hydroxylation is 1. The van der Waals surface area contributed by atoms with E-state index >= 15 is 0 Å². The lowest BCUT2D eigenvalue weighted by Crippen LogP contribution is -2.17. The van der Waals surface area contributed by atoms with Crippen LogP contribution in [0.4, 0.5) is 14.6 Å². The second-order valence-corrected chi connectivity index (χ2v) is 6.39. The van der Waals surface area contributed by atoms with Gasteiger partial charge in [0.2, 0.25) is 5.91 Å². The maximum absolute atomic E-state index is 13.3. The summed E-state index contributed by atoms with van der Waals surface area (Å²) in [7, 11) is 0.